The molecule has 0 aliphatic heterocycles. The van der Waals surface area contributed by atoms with E-state index in [0.717, 1.165) is 0 Å². The molecule has 0 fully saturated rings. The molecule has 7 heteroatoms. The predicted octanol–water partition coefficient (Wildman–Crippen LogP) is 4.25. The monoisotopic (exact) mass is 303 g/mol. The predicted molar refractivity (Wildman–Crippen MR) is 73.6 cm³/mol. The van der Waals surface area contributed by atoms with E-state index in [1.165, 1.54) is 0 Å². The Labute approximate surface area is 116 Å². The third kappa shape index (κ3) is 3.37. The maximum absolute atomic E-state index is 12.4. The van der Waals surface area contributed by atoms with Crippen LogP contribution in [-0.4, -0.2) is 18.2 Å². The molecule has 5 nitrogen and oxygen atoms in total. The van der Waals surface area contributed by atoms with E-state index in [9.17, 15) is 4.57 Å². The number of halogens is 1. The highest BCUT2D eigenvalue weighted by Gasteiger charge is 2.27. The SMILES string of the molecule is CCOP(=O)(Cc1nc2cccc(Cl)c2o1)OCC. The van der Waals surface area contributed by atoms with Crippen LogP contribution in [0.5, 0.6) is 0 Å². The van der Waals surface area contributed by atoms with E-state index in [0.29, 0.717) is 35.2 Å². The Morgan fingerprint density at radius 3 is 2.58 bits per heavy atom. The highest BCUT2D eigenvalue weighted by Crippen LogP contribution is 2.51. The topological polar surface area (TPSA) is 61.6 Å². The summed E-state index contributed by atoms with van der Waals surface area (Å²) < 4.78 is 28.3. The van der Waals surface area contributed by atoms with Gasteiger partial charge in [-0.1, -0.05) is 17.7 Å². The van der Waals surface area contributed by atoms with Crippen molar-refractivity contribution < 1.29 is 18.0 Å². The lowest BCUT2D eigenvalue weighted by molar-refractivity contribution is 0.217. The zero-order valence-corrected chi connectivity index (χ0v) is 12.4. The minimum absolute atomic E-state index is 0.000309. The van der Waals surface area contributed by atoms with Gasteiger partial charge in [0, 0.05) is 0 Å². The standard InChI is InChI=1S/C12H15ClNO4P/c1-3-16-19(15,17-4-2)8-11-14-10-7-5-6-9(13)12(10)18-11/h5-7H,3-4,8H2,1-2H3. The van der Waals surface area contributed by atoms with Gasteiger partial charge in [-0.3, -0.25) is 4.57 Å². The molecule has 1 aromatic heterocycles. The Bertz CT molecular complexity index is 603. The number of oxazole rings is 1. The largest absolute Gasteiger partial charge is 0.438 e. The summed E-state index contributed by atoms with van der Waals surface area (Å²) in [5.74, 6) is 0.299. The Hall–Kier alpha value is -0.870. The Kier molecular flexibility index (Phi) is 4.63. The van der Waals surface area contributed by atoms with Crippen molar-refractivity contribution in [1.29, 1.82) is 0 Å². The minimum Gasteiger partial charge on any atom is -0.438 e. The molecule has 19 heavy (non-hydrogen) atoms. The molecule has 0 spiro atoms. The van der Waals surface area contributed by atoms with Gasteiger partial charge < -0.3 is 13.5 Å². The van der Waals surface area contributed by atoms with Gasteiger partial charge in [-0.25, -0.2) is 4.98 Å². The number of hydrogen-bond donors (Lipinski definition) is 0. The van der Waals surface area contributed by atoms with Gasteiger partial charge in [-0.2, -0.15) is 0 Å². The third-order valence-electron chi connectivity index (χ3n) is 2.39. The van der Waals surface area contributed by atoms with Crippen LogP contribution >= 0.6 is 19.2 Å². The summed E-state index contributed by atoms with van der Waals surface area (Å²) in [6.07, 6.45) is -0.000309. The molecule has 1 aromatic carbocycles. The average Bonchev–Trinajstić information content (AvgIpc) is 2.73. The summed E-state index contributed by atoms with van der Waals surface area (Å²) >= 11 is 6.00. The Morgan fingerprint density at radius 2 is 2.00 bits per heavy atom. The molecular weight excluding hydrogens is 289 g/mol. The number of nitrogens with zero attached hydrogens (tertiary/aromatic N) is 1. The van der Waals surface area contributed by atoms with Crippen molar-refractivity contribution in [2.45, 2.75) is 20.0 Å². The van der Waals surface area contributed by atoms with Crippen LogP contribution in [0.3, 0.4) is 0 Å². The molecule has 0 aliphatic carbocycles. The zero-order chi connectivity index (χ0) is 13.9. The fourth-order valence-corrected chi connectivity index (χ4v) is 3.44. The number of para-hydroxylation sites is 1. The van der Waals surface area contributed by atoms with Gasteiger partial charge in [-0.05, 0) is 26.0 Å². The lowest BCUT2D eigenvalue weighted by Crippen LogP contribution is -1.99. The molecular formula is C12H15ClNO4P. The van der Waals surface area contributed by atoms with Gasteiger partial charge >= 0.3 is 7.60 Å². The second-order valence-corrected chi connectivity index (χ2v) is 6.26. The maximum Gasteiger partial charge on any atom is 0.339 e. The second kappa shape index (κ2) is 6.06. The van der Waals surface area contributed by atoms with Crippen LogP contribution in [0.25, 0.3) is 11.1 Å². The summed E-state index contributed by atoms with van der Waals surface area (Å²) in [5.41, 5.74) is 1.11. The number of rotatable bonds is 6. The highest BCUT2D eigenvalue weighted by molar-refractivity contribution is 7.52. The van der Waals surface area contributed by atoms with Crippen LogP contribution < -0.4 is 0 Å². The molecule has 0 radical (unpaired) electrons. The molecule has 2 rings (SSSR count). The van der Waals surface area contributed by atoms with Crippen molar-refractivity contribution >= 4 is 30.3 Å². The van der Waals surface area contributed by atoms with Crippen molar-refractivity contribution in [3.8, 4) is 0 Å². The van der Waals surface area contributed by atoms with Crippen molar-refractivity contribution in [3.05, 3.63) is 29.1 Å². The van der Waals surface area contributed by atoms with Gasteiger partial charge in [0.05, 0.1) is 18.2 Å². The molecule has 0 N–H and O–H groups in total. The van der Waals surface area contributed by atoms with Gasteiger partial charge in [0.25, 0.3) is 0 Å². The van der Waals surface area contributed by atoms with Crippen LogP contribution in [0.2, 0.25) is 5.02 Å². The first-order valence-corrected chi connectivity index (χ1v) is 8.10. The summed E-state index contributed by atoms with van der Waals surface area (Å²) in [6, 6.07) is 5.27. The van der Waals surface area contributed by atoms with Crippen LogP contribution in [0, 0.1) is 0 Å². The van der Waals surface area contributed by atoms with Gasteiger partial charge in [0.1, 0.15) is 11.7 Å². The lowest BCUT2D eigenvalue weighted by Gasteiger charge is -2.14. The molecule has 0 aliphatic rings. The van der Waals surface area contributed by atoms with Crippen molar-refractivity contribution in [2.75, 3.05) is 13.2 Å². The van der Waals surface area contributed by atoms with Crippen molar-refractivity contribution in [3.63, 3.8) is 0 Å². The van der Waals surface area contributed by atoms with Crippen molar-refractivity contribution in [2.24, 2.45) is 0 Å². The van der Waals surface area contributed by atoms with E-state index in [1.54, 1.807) is 32.0 Å². The Balaban J connectivity index is 2.29. The fourth-order valence-electron chi connectivity index (χ4n) is 1.72. The van der Waals surface area contributed by atoms with Crippen LogP contribution in [-0.2, 0) is 19.8 Å². The molecule has 0 atom stereocenters. The van der Waals surface area contributed by atoms with Gasteiger partial charge in [0.15, 0.2) is 5.58 Å². The fraction of sp³-hybridized carbons (Fsp3) is 0.417. The summed E-state index contributed by atoms with van der Waals surface area (Å²) in [5, 5.41) is 0.471. The van der Waals surface area contributed by atoms with Crippen molar-refractivity contribution in [1.82, 2.24) is 4.98 Å². The molecule has 0 saturated carbocycles. The molecule has 0 saturated heterocycles. The van der Waals surface area contributed by atoms with E-state index in [-0.39, 0.29) is 6.16 Å². The number of fused-ring (bicyclic) bond motifs is 1. The zero-order valence-electron chi connectivity index (χ0n) is 10.8. The summed E-state index contributed by atoms with van der Waals surface area (Å²) in [6.45, 7) is 4.12. The smallest absolute Gasteiger partial charge is 0.339 e. The maximum atomic E-state index is 12.4. The molecule has 2 aromatic rings. The third-order valence-corrected chi connectivity index (χ3v) is 4.65. The van der Waals surface area contributed by atoms with E-state index >= 15 is 0 Å². The van der Waals surface area contributed by atoms with Crippen LogP contribution in [0.4, 0.5) is 0 Å². The first kappa shape index (κ1) is 14.5. The molecule has 1 heterocycles. The van der Waals surface area contributed by atoms with E-state index < -0.39 is 7.60 Å². The normalized spacial score (nSPS) is 12.2. The summed E-state index contributed by atoms with van der Waals surface area (Å²) in [4.78, 5) is 4.24. The minimum atomic E-state index is -3.21. The van der Waals surface area contributed by atoms with E-state index in [2.05, 4.69) is 4.98 Å². The average molecular weight is 304 g/mol. The molecule has 104 valence electrons. The first-order valence-electron chi connectivity index (χ1n) is 6.00. The first-order chi connectivity index (χ1) is 9.08. The second-order valence-electron chi connectivity index (χ2n) is 3.80. The van der Waals surface area contributed by atoms with E-state index in [1.807, 2.05) is 0 Å². The van der Waals surface area contributed by atoms with Gasteiger partial charge in [-0.15, -0.1) is 0 Å². The molecule has 0 amide bonds. The number of hydrogen-bond acceptors (Lipinski definition) is 5. The molecule has 0 bridgehead atoms. The van der Waals surface area contributed by atoms with Gasteiger partial charge in [0.2, 0.25) is 5.89 Å². The lowest BCUT2D eigenvalue weighted by atomic mass is 10.3. The van der Waals surface area contributed by atoms with Crippen LogP contribution in [0.1, 0.15) is 19.7 Å². The summed E-state index contributed by atoms with van der Waals surface area (Å²) in [7, 11) is -3.21. The Morgan fingerprint density at radius 1 is 1.32 bits per heavy atom. The molecule has 0 unspecified atom stereocenters. The van der Waals surface area contributed by atoms with Crippen LogP contribution in [0.15, 0.2) is 22.6 Å². The number of benzene rings is 1. The number of aromatic nitrogens is 1. The van der Waals surface area contributed by atoms with E-state index in [4.69, 9.17) is 25.1 Å². The highest BCUT2D eigenvalue weighted by atomic mass is 35.5. The quantitative estimate of drug-likeness (QED) is 0.747.